The molecule has 1 amide bonds. The lowest BCUT2D eigenvalue weighted by molar-refractivity contribution is 0.0956. The van der Waals surface area contributed by atoms with E-state index in [1.165, 1.54) is 0 Å². The lowest BCUT2D eigenvalue weighted by atomic mass is 10.1. The molecule has 1 aromatic carbocycles. The molecule has 4 nitrogen and oxygen atoms in total. The highest BCUT2D eigenvalue weighted by Crippen LogP contribution is 2.21. The van der Waals surface area contributed by atoms with Gasteiger partial charge in [-0.3, -0.25) is 4.79 Å². The van der Waals surface area contributed by atoms with Gasteiger partial charge in [-0.1, -0.05) is 6.92 Å². The van der Waals surface area contributed by atoms with E-state index in [1.807, 2.05) is 13.0 Å². The molecule has 94 valence electrons. The third-order valence-corrected chi connectivity index (χ3v) is 2.67. The average Bonchev–Trinajstić information content (AvgIpc) is 2.31. The topological polar surface area (TPSA) is 67.2 Å². The van der Waals surface area contributed by atoms with E-state index in [-0.39, 0.29) is 5.91 Å². The zero-order chi connectivity index (χ0) is 12.8. The number of nitrogen functional groups attached to an aromatic ring is 1. The summed E-state index contributed by atoms with van der Waals surface area (Å²) in [7, 11) is 0. The van der Waals surface area contributed by atoms with Crippen LogP contribution < -0.4 is 16.4 Å². The first-order valence-corrected chi connectivity index (χ1v) is 6.02. The predicted octanol–water partition coefficient (Wildman–Crippen LogP) is 2.23. The van der Waals surface area contributed by atoms with Crippen molar-refractivity contribution in [2.75, 3.05) is 17.6 Å². The highest BCUT2D eigenvalue weighted by Gasteiger charge is 2.08. The van der Waals surface area contributed by atoms with Crippen molar-refractivity contribution in [1.82, 2.24) is 5.32 Å². The molecule has 1 aromatic rings. The Kier molecular flexibility index (Phi) is 4.82. The van der Waals surface area contributed by atoms with E-state index in [0.29, 0.717) is 23.8 Å². The van der Waals surface area contributed by atoms with Gasteiger partial charge in [0.05, 0.1) is 11.4 Å². The molecule has 0 saturated heterocycles. The molecule has 0 aromatic heterocycles. The van der Waals surface area contributed by atoms with E-state index < -0.39 is 0 Å². The fourth-order valence-corrected chi connectivity index (χ4v) is 1.47. The monoisotopic (exact) mass is 235 g/mol. The zero-order valence-electron chi connectivity index (χ0n) is 10.7. The summed E-state index contributed by atoms with van der Waals surface area (Å²) in [6.07, 6.45) is 1.03. The maximum Gasteiger partial charge on any atom is 0.251 e. The maximum atomic E-state index is 11.6. The van der Waals surface area contributed by atoms with Gasteiger partial charge >= 0.3 is 0 Å². The molecule has 4 N–H and O–H groups in total. The van der Waals surface area contributed by atoms with Crippen LogP contribution in [0.2, 0.25) is 0 Å². The Balaban J connectivity index is 2.82. The molecular weight excluding hydrogens is 214 g/mol. The second kappa shape index (κ2) is 6.13. The van der Waals surface area contributed by atoms with Gasteiger partial charge in [0, 0.05) is 18.2 Å². The van der Waals surface area contributed by atoms with Crippen LogP contribution in [-0.4, -0.2) is 18.5 Å². The molecule has 17 heavy (non-hydrogen) atoms. The highest BCUT2D eigenvalue weighted by molar-refractivity contribution is 5.96. The first kappa shape index (κ1) is 13.4. The zero-order valence-corrected chi connectivity index (χ0v) is 10.7. The van der Waals surface area contributed by atoms with Crippen molar-refractivity contribution >= 4 is 17.3 Å². The summed E-state index contributed by atoms with van der Waals surface area (Å²) >= 11 is 0. The number of carbonyl (C=O) groups excluding carboxylic acids is 1. The van der Waals surface area contributed by atoms with Gasteiger partial charge < -0.3 is 16.4 Å². The molecule has 0 spiro atoms. The predicted molar refractivity (Wildman–Crippen MR) is 72.2 cm³/mol. The molecular formula is C13H21N3O. The van der Waals surface area contributed by atoms with E-state index >= 15 is 0 Å². The van der Waals surface area contributed by atoms with Crippen molar-refractivity contribution in [3.8, 4) is 0 Å². The number of nitrogens with two attached hydrogens (primary N) is 1. The SMILES string of the molecule is CCNC(=O)c1ccc(NC(C)CC)c(N)c1. The quantitative estimate of drug-likeness (QED) is 0.686. The Morgan fingerprint density at radius 2 is 2.12 bits per heavy atom. The first-order chi connectivity index (χ1) is 8.08. The van der Waals surface area contributed by atoms with Crippen molar-refractivity contribution in [3.63, 3.8) is 0 Å². The van der Waals surface area contributed by atoms with Crippen LogP contribution in [0.15, 0.2) is 18.2 Å². The van der Waals surface area contributed by atoms with Crippen LogP contribution in [0.4, 0.5) is 11.4 Å². The van der Waals surface area contributed by atoms with Gasteiger partial charge in [0.2, 0.25) is 0 Å². The number of rotatable bonds is 5. The van der Waals surface area contributed by atoms with Crippen molar-refractivity contribution < 1.29 is 4.79 Å². The minimum absolute atomic E-state index is 0.0886. The Hall–Kier alpha value is -1.71. The number of carbonyl (C=O) groups is 1. The fraction of sp³-hybridized carbons (Fsp3) is 0.462. The third-order valence-electron chi connectivity index (χ3n) is 2.67. The molecule has 4 heteroatoms. The van der Waals surface area contributed by atoms with Crippen molar-refractivity contribution in [2.45, 2.75) is 33.2 Å². The molecule has 0 saturated carbocycles. The summed E-state index contributed by atoms with van der Waals surface area (Å²) < 4.78 is 0. The summed E-state index contributed by atoms with van der Waals surface area (Å²) in [5.41, 5.74) is 8.00. The molecule has 0 bridgehead atoms. The van der Waals surface area contributed by atoms with Crippen LogP contribution in [0, 0.1) is 0 Å². The van der Waals surface area contributed by atoms with Gasteiger partial charge in [0.15, 0.2) is 0 Å². The van der Waals surface area contributed by atoms with Crippen LogP contribution in [0.25, 0.3) is 0 Å². The summed E-state index contributed by atoms with van der Waals surface area (Å²) in [4.78, 5) is 11.6. The summed E-state index contributed by atoms with van der Waals surface area (Å²) in [6, 6.07) is 5.71. The van der Waals surface area contributed by atoms with Crippen LogP contribution in [0.5, 0.6) is 0 Å². The molecule has 0 aliphatic heterocycles. The molecule has 1 rings (SSSR count). The smallest absolute Gasteiger partial charge is 0.251 e. The second-order valence-corrected chi connectivity index (χ2v) is 4.12. The van der Waals surface area contributed by atoms with Crippen molar-refractivity contribution in [2.24, 2.45) is 0 Å². The summed E-state index contributed by atoms with van der Waals surface area (Å²) in [5, 5.41) is 6.05. The summed E-state index contributed by atoms with van der Waals surface area (Å²) in [6.45, 7) is 6.71. The van der Waals surface area contributed by atoms with Crippen molar-refractivity contribution in [1.29, 1.82) is 0 Å². The fourth-order valence-electron chi connectivity index (χ4n) is 1.47. The Morgan fingerprint density at radius 1 is 1.41 bits per heavy atom. The lowest BCUT2D eigenvalue weighted by Crippen LogP contribution is -2.23. The highest BCUT2D eigenvalue weighted by atomic mass is 16.1. The number of nitrogens with one attached hydrogen (secondary N) is 2. The minimum Gasteiger partial charge on any atom is -0.397 e. The van der Waals surface area contributed by atoms with E-state index in [0.717, 1.165) is 12.1 Å². The second-order valence-electron chi connectivity index (χ2n) is 4.12. The summed E-state index contributed by atoms with van der Waals surface area (Å²) in [5.74, 6) is -0.0886. The van der Waals surface area contributed by atoms with Crippen molar-refractivity contribution in [3.05, 3.63) is 23.8 Å². The Morgan fingerprint density at radius 3 is 2.65 bits per heavy atom. The average molecular weight is 235 g/mol. The molecule has 0 fully saturated rings. The normalized spacial score (nSPS) is 11.9. The van der Waals surface area contributed by atoms with Gasteiger partial charge in [0.1, 0.15) is 0 Å². The van der Waals surface area contributed by atoms with Crippen LogP contribution in [0.1, 0.15) is 37.6 Å². The van der Waals surface area contributed by atoms with Gasteiger partial charge in [-0.25, -0.2) is 0 Å². The molecule has 0 heterocycles. The number of anilines is 2. The number of benzene rings is 1. The van der Waals surface area contributed by atoms with Gasteiger partial charge in [-0.2, -0.15) is 0 Å². The number of hydrogen-bond donors (Lipinski definition) is 3. The van der Waals surface area contributed by atoms with Gasteiger partial charge in [0.25, 0.3) is 5.91 Å². The minimum atomic E-state index is -0.0886. The Labute approximate surface area is 103 Å². The van der Waals surface area contributed by atoms with Gasteiger partial charge in [-0.05, 0) is 38.5 Å². The van der Waals surface area contributed by atoms with E-state index in [4.69, 9.17) is 5.73 Å². The maximum absolute atomic E-state index is 11.6. The number of hydrogen-bond acceptors (Lipinski definition) is 3. The van der Waals surface area contributed by atoms with E-state index in [2.05, 4.69) is 24.5 Å². The largest absolute Gasteiger partial charge is 0.397 e. The van der Waals surface area contributed by atoms with E-state index in [1.54, 1.807) is 12.1 Å². The molecule has 0 aliphatic carbocycles. The first-order valence-electron chi connectivity index (χ1n) is 6.02. The standard InChI is InChI=1S/C13H21N3O/c1-4-9(3)16-12-7-6-10(8-11(12)14)13(17)15-5-2/h6-9,16H,4-5,14H2,1-3H3,(H,15,17). The van der Waals surface area contributed by atoms with Crippen LogP contribution >= 0.6 is 0 Å². The molecule has 0 aliphatic rings. The lowest BCUT2D eigenvalue weighted by Gasteiger charge is -2.15. The molecule has 1 atom stereocenters. The van der Waals surface area contributed by atoms with Gasteiger partial charge in [-0.15, -0.1) is 0 Å². The third kappa shape index (κ3) is 3.66. The number of amides is 1. The van der Waals surface area contributed by atoms with Crippen LogP contribution in [0.3, 0.4) is 0 Å². The van der Waals surface area contributed by atoms with Crippen LogP contribution in [-0.2, 0) is 0 Å². The molecule has 0 radical (unpaired) electrons. The Bertz CT molecular complexity index is 390. The van der Waals surface area contributed by atoms with E-state index in [9.17, 15) is 4.79 Å². The molecule has 1 unspecified atom stereocenters.